The third-order valence-electron chi connectivity index (χ3n) is 4.36. The van der Waals surface area contributed by atoms with Gasteiger partial charge in [-0.25, -0.2) is 17.9 Å². The van der Waals surface area contributed by atoms with Crippen molar-refractivity contribution in [3.8, 4) is 5.69 Å². The third-order valence-corrected chi connectivity index (χ3v) is 4.36. The number of hydrogen-bond acceptors (Lipinski definition) is 3. The van der Waals surface area contributed by atoms with Crippen LogP contribution >= 0.6 is 0 Å². The van der Waals surface area contributed by atoms with Crippen molar-refractivity contribution in [2.24, 2.45) is 4.99 Å². The molecule has 0 aliphatic rings. The van der Waals surface area contributed by atoms with Crippen LogP contribution in [0.15, 0.2) is 59.9 Å². The van der Waals surface area contributed by atoms with Gasteiger partial charge in [0.25, 0.3) is 0 Å². The Bertz CT molecular complexity index is 1050. The van der Waals surface area contributed by atoms with Gasteiger partial charge in [0.15, 0.2) is 23.4 Å². The molecule has 1 aromatic heterocycles. The number of rotatable bonds is 7. The van der Waals surface area contributed by atoms with E-state index in [0.717, 1.165) is 23.4 Å². The smallest absolute Gasteiger partial charge is 0.243 e. The Kier molecular flexibility index (Phi) is 7.26. The summed E-state index contributed by atoms with van der Waals surface area (Å²) in [7, 11) is 1.54. The summed E-state index contributed by atoms with van der Waals surface area (Å²) >= 11 is 0. The molecular weight excluding hydrogens is 409 g/mol. The van der Waals surface area contributed by atoms with Gasteiger partial charge in [-0.3, -0.25) is 9.79 Å². The van der Waals surface area contributed by atoms with Crippen LogP contribution in [0, 0.1) is 17.5 Å². The van der Waals surface area contributed by atoms with Crippen molar-refractivity contribution >= 4 is 17.6 Å². The topological polar surface area (TPSA) is 83.3 Å². The predicted molar refractivity (Wildman–Crippen MR) is 112 cm³/mol. The van der Waals surface area contributed by atoms with E-state index in [2.05, 4.69) is 26.0 Å². The van der Waals surface area contributed by atoms with E-state index < -0.39 is 29.0 Å². The molecule has 0 saturated carbocycles. The molecule has 7 nitrogen and oxygen atoms in total. The maximum absolute atomic E-state index is 13.6. The van der Waals surface area contributed by atoms with Gasteiger partial charge in [-0.1, -0.05) is 12.1 Å². The molecule has 0 atom stereocenters. The third kappa shape index (κ3) is 5.84. The minimum absolute atomic E-state index is 0.239. The normalized spacial score (nSPS) is 11.3. The summed E-state index contributed by atoms with van der Waals surface area (Å²) in [6.07, 6.45) is 4.29. The van der Waals surface area contributed by atoms with Gasteiger partial charge in [0.2, 0.25) is 5.91 Å². The number of halogens is 3. The van der Waals surface area contributed by atoms with Crippen molar-refractivity contribution in [2.75, 3.05) is 25.5 Å². The zero-order valence-electron chi connectivity index (χ0n) is 16.7. The fourth-order valence-electron chi connectivity index (χ4n) is 2.76. The van der Waals surface area contributed by atoms with Gasteiger partial charge in [0.1, 0.15) is 0 Å². The molecule has 0 fully saturated rings. The molecule has 10 heteroatoms. The Morgan fingerprint density at radius 2 is 1.84 bits per heavy atom. The van der Waals surface area contributed by atoms with Crippen molar-refractivity contribution in [3.05, 3.63) is 77.9 Å². The lowest BCUT2D eigenvalue weighted by molar-refractivity contribution is -0.115. The number of aromatic nitrogens is 2. The molecule has 3 aromatic rings. The van der Waals surface area contributed by atoms with Gasteiger partial charge in [-0.05, 0) is 42.3 Å². The van der Waals surface area contributed by atoms with Gasteiger partial charge in [-0.2, -0.15) is 5.10 Å². The molecular formula is C21H21F3N6O. The lowest BCUT2D eigenvalue weighted by Crippen LogP contribution is -2.42. The van der Waals surface area contributed by atoms with E-state index in [9.17, 15) is 18.0 Å². The Balaban J connectivity index is 1.43. The summed E-state index contributed by atoms with van der Waals surface area (Å²) in [5.74, 6) is -4.68. The van der Waals surface area contributed by atoms with E-state index in [1.165, 1.54) is 0 Å². The highest BCUT2D eigenvalue weighted by Gasteiger charge is 2.15. The molecule has 0 spiro atoms. The predicted octanol–water partition coefficient (Wildman–Crippen LogP) is 2.64. The number of carbonyl (C=O) groups is 1. The summed E-state index contributed by atoms with van der Waals surface area (Å²) in [6, 6.07) is 11.5. The lowest BCUT2D eigenvalue weighted by atomic mass is 10.1. The maximum Gasteiger partial charge on any atom is 0.243 e. The fourth-order valence-corrected chi connectivity index (χ4v) is 2.76. The molecule has 0 saturated heterocycles. The van der Waals surface area contributed by atoms with Crippen LogP contribution in [0.25, 0.3) is 5.69 Å². The highest BCUT2D eigenvalue weighted by molar-refractivity contribution is 5.95. The van der Waals surface area contributed by atoms with Gasteiger partial charge >= 0.3 is 0 Å². The van der Waals surface area contributed by atoms with E-state index in [4.69, 9.17) is 0 Å². The van der Waals surface area contributed by atoms with Gasteiger partial charge in [-0.15, -0.1) is 0 Å². The van der Waals surface area contributed by atoms with Crippen molar-refractivity contribution in [1.29, 1.82) is 0 Å². The number of benzene rings is 2. The molecule has 0 aliphatic carbocycles. The summed E-state index contributed by atoms with van der Waals surface area (Å²) in [4.78, 5) is 16.0. The second kappa shape index (κ2) is 10.3. The summed E-state index contributed by atoms with van der Waals surface area (Å²) in [5, 5.41) is 12.2. The number of carbonyl (C=O) groups excluding carboxylic acids is 1. The van der Waals surface area contributed by atoms with Crippen LogP contribution in [-0.4, -0.2) is 41.8 Å². The van der Waals surface area contributed by atoms with Gasteiger partial charge < -0.3 is 16.0 Å². The number of amides is 1. The first-order valence-corrected chi connectivity index (χ1v) is 9.44. The zero-order valence-corrected chi connectivity index (χ0v) is 16.7. The van der Waals surface area contributed by atoms with Crippen LogP contribution in [0.1, 0.15) is 5.56 Å². The van der Waals surface area contributed by atoms with Gasteiger partial charge in [0, 0.05) is 26.0 Å². The first kappa shape index (κ1) is 21.9. The Hall–Kier alpha value is -3.82. The van der Waals surface area contributed by atoms with Crippen molar-refractivity contribution in [3.63, 3.8) is 0 Å². The second-order valence-electron chi connectivity index (χ2n) is 6.49. The molecule has 0 aliphatic heterocycles. The zero-order chi connectivity index (χ0) is 22.2. The first-order valence-electron chi connectivity index (χ1n) is 9.44. The average Bonchev–Trinajstić information content (AvgIpc) is 3.32. The summed E-state index contributed by atoms with van der Waals surface area (Å²) in [6.45, 7) is 0.316. The number of aliphatic imine (C=N–C) groups is 1. The standard InChI is InChI=1S/C21H21F3N6O/c1-25-21(27-13-18(31)29-17-8-7-16(22)19(23)20(17)24)26-11-9-14-3-5-15(6-4-14)30-12-2-10-28-30/h2-8,10,12H,9,11,13H2,1H3,(H,29,31)(H2,25,26,27). The molecule has 2 aromatic carbocycles. The minimum Gasteiger partial charge on any atom is -0.356 e. The Labute approximate surface area is 177 Å². The quantitative estimate of drug-likeness (QED) is 0.306. The van der Waals surface area contributed by atoms with E-state index in [-0.39, 0.29) is 6.54 Å². The van der Waals surface area contributed by atoms with Crippen molar-refractivity contribution in [2.45, 2.75) is 6.42 Å². The largest absolute Gasteiger partial charge is 0.356 e. The van der Waals surface area contributed by atoms with Crippen LogP contribution in [0.2, 0.25) is 0 Å². The number of guanidine groups is 1. The fraction of sp³-hybridized carbons (Fsp3) is 0.190. The van der Waals surface area contributed by atoms with Crippen LogP contribution in [0.5, 0.6) is 0 Å². The molecule has 0 bridgehead atoms. The molecule has 3 N–H and O–H groups in total. The van der Waals surface area contributed by atoms with Crippen molar-refractivity contribution in [1.82, 2.24) is 20.4 Å². The van der Waals surface area contributed by atoms with Crippen LogP contribution in [0.4, 0.5) is 18.9 Å². The highest BCUT2D eigenvalue weighted by atomic mass is 19.2. The molecule has 3 rings (SSSR count). The van der Waals surface area contributed by atoms with Crippen molar-refractivity contribution < 1.29 is 18.0 Å². The van der Waals surface area contributed by atoms with Crippen LogP contribution < -0.4 is 16.0 Å². The van der Waals surface area contributed by atoms with Crippen LogP contribution in [0.3, 0.4) is 0 Å². The second-order valence-corrected chi connectivity index (χ2v) is 6.49. The van der Waals surface area contributed by atoms with E-state index in [1.54, 1.807) is 17.9 Å². The summed E-state index contributed by atoms with van der Waals surface area (Å²) < 4.78 is 41.6. The number of anilines is 1. The number of nitrogens with one attached hydrogen (secondary N) is 3. The van der Waals surface area contributed by atoms with Gasteiger partial charge in [0.05, 0.1) is 17.9 Å². The molecule has 0 unspecified atom stereocenters. The molecule has 31 heavy (non-hydrogen) atoms. The molecule has 1 heterocycles. The lowest BCUT2D eigenvalue weighted by Gasteiger charge is -2.12. The summed E-state index contributed by atoms with van der Waals surface area (Å²) in [5.41, 5.74) is 1.63. The van der Waals surface area contributed by atoms with E-state index >= 15 is 0 Å². The molecule has 162 valence electrons. The molecule has 1 amide bonds. The van der Waals surface area contributed by atoms with E-state index in [0.29, 0.717) is 18.9 Å². The maximum atomic E-state index is 13.6. The van der Waals surface area contributed by atoms with Crippen LogP contribution in [-0.2, 0) is 11.2 Å². The average molecular weight is 430 g/mol. The first-order chi connectivity index (χ1) is 15.0. The number of nitrogens with zero attached hydrogens (tertiary/aromatic N) is 3. The number of hydrogen-bond donors (Lipinski definition) is 3. The van der Waals surface area contributed by atoms with E-state index in [1.807, 2.05) is 36.5 Å². The minimum atomic E-state index is -1.64. The Morgan fingerprint density at radius 1 is 1.06 bits per heavy atom. The molecule has 0 radical (unpaired) electrons. The highest BCUT2D eigenvalue weighted by Crippen LogP contribution is 2.19. The monoisotopic (exact) mass is 430 g/mol. The SMILES string of the molecule is CN=C(NCCc1ccc(-n2cccn2)cc1)NCC(=O)Nc1ccc(F)c(F)c1F. The Morgan fingerprint density at radius 3 is 2.52 bits per heavy atom.